The lowest BCUT2D eigenvalue weighted by atomic mass is 9.88. The first-order valence-electron chi connectivity index (χ1n) is 9.35. The fraction of sp³-hybridized carbons (Fsp3) is 0.450. The highest BCUT2D eigenvalue weighted by atomic mass is 16.5. The molecule has 1 aromatic carbocycles. The number of para-hydroxylation sites is 2. The summed E-state index contributed by atoms with van der Waals surface area (Å²) in [5, 5.41) is 3.43. The monoisotopic (exact) mass is 349 g/mol. The van der Waals surface area contributed by atoms with Crippen molar-refractivity contribution >= 4 is 11.0 Å². The Morgan fingerprint density at radius 1 is 1.15 bits per heavy atom. The minimum Gasteiger partial charge on any atom is -0.373 e. The lowest BCUT2D eigenvalue weighted by Crippen LogP contribution is -2.41. The maximum absolute atomic E-state index is 6.28. The van der Waals surface area contributed by atoms with Gasteiger partial charge in [-0.05, 0) is 51.4 Å². The molecule has 0 aliphatic carbocycles. The summed E-state index contributed by atoms with van der Waals surface area (Å²) in [4.78, 5) is 14.2. The second kappa shape index (κ2) is 6.14. The van der Waals surface area contributed by atoms with Gasteiger partial charge in [0.2, 0.25) is 0 Å². The third-order valence-corrected chi connectivity index (χ3v) is 5.72. The summed E-state index contributed by atoms with van der Waals surface area (Å²) in [5.41, 5.74) is 3.62. The number of hydrogen-bond donors (Lipinski definition) is 1. The summed E-state index contributed by atoms with van der Waals surface area (Å²) in [7, 11) is 0. The Kier molecular flexibility index (Phi) is 3.76. The van der Waals surface area contributed by atoms with Crippen LogP contribution < -0.4 is 5.32 Å². The average Bonchev–Trinajstić information content (AvgIpc) is 3.29. The zero-order valence-corrected chi connectivity index (χ0v) is 15.0. The first-order chi connectivity index (χ1) is 12.7. The topological polar surface area (TPSA) is 64.9 Å². The Hall–Kier alpha value is -2.31. The Balaban J connectivity index is 1.51. The van der Waals surface area contributed by atoms with Gasteiger partial charge in [0.25, 0.3) is 0 Å². The van der Waals surface area contributed by atoms with Gasteiger partial charge in [0.1, 0.15) is 5.69 Å². The number of fused-ring (bicyclic) bond motifs is 1. The molecule has 3 aromatic rings. The van der Waals surface area contributed by atoms with Crippen molar-refractivity contribution in [3.05, 3.63) is 42.4 Å². The minimum atomic E-state index is 0.0293. The van der Waals surface area contributed by atoms with Crippen LogP contribution in [0, 0.1) is 6.92 Å². The van der Waals surface area contributed by atoms with Crippen LogP contribution in [0.25, 0.3) is 22.6 Å². The molecule has 5 rings (SSSR count). The normalized spacial score (nSPS) is 22.3. The molecule has 0 amide bonds. The van der Waals surface area contributed by atoms with Crippen LogP contribution in [0.5, 0.6) is 0 Å². The second-order valence-electron chi connectivity index (χ2n) is 7.41. The standard InChI is InChI=1S/C20H23N5O/c1-14-18(24-17-5-3-2-4-16(17)23-14)19-22-10-11-25(19)15-12-20(26-13-15)6-8-21-9-7-20/h2-5,10-11,15,21H,6-9,12-13H2,1H3. The van der Waals surface area contributed by atoms with Crippen LogP contribution in [-0.2, 0) is 4.74 Å². The van der Waals surface area contributed by atoms with Gasteiger partial charge in [-0.2, -0.15) is 0 Å². The molecule has 2 saturated heterocycles. The third-order valence-electron chi connectivity index (χ3n) is 5.72. The van der Waals surface area contributed by atoms with E-state index in [1.165, 1.54) is 0 Å². The van der Waals surface area contributed by atoms with Crippen molar-refractivity contribution in [3.8, 4) is 11.5 Å². The van der Waals surface area contributed by atoms with E-state index in [4.69, 9.17) is 14.7 Å². The first kappa shape index (κ1) is 15.9. The number of piperidine rings is 1. The number of imidazole rings is 1. The van der Waals surface area contributed by atoms with E-state index in [-0.39, 0.29) is 5.60 Å². The fourth-order valence-electron chi connectivity index (χ4n) is 4.32. The van der Waals surface area contributed by atoms with Crippen LogP contribution in [0.4, 0.5) is 0 Å². The summed E-state index contributed by atoms with van der Waals surface area (Å²) in [5.74, 6) is 0.889. The fourth-order valence-corrected chi connectivity index (χ4v) is 4.32. The van der Waals surface area contributed by atoms with Gasteiger partial charge >= 0.3 is 0 Å². The number of benzene rings is 1. The Morgan fingerprint density at radius 2 is 1.92 bits per heavy atom. The van der Waals surface area contributed by atoms with Crippen LogP contribution in [0.3, 0.4) is 0 Å². The van der Waals surface area contributed by atoms with Gasteiger partial charge in [0, 0.05) is 12.4 Å². The summed E-state index contributed by atoms with van der Waals surface area (Å²) in [6, 6.07) is 8.29. The molecule has 4 heterocycles. The number of rotatable bonds is 2. The lowest BCUT2D eigenvalue weighted by molar-refractivity contribution is -0.0195. The zero-order valence-electron chi connectivity index (χ0n) is 15.0. The number of nitrogens with one attached hydrogen (secondary N) is 1. The first-order valence-corrected chi connectivity index (χ1v) is 9.35. The summed E-state index contributed by atoms with van der Waals surface area (Å²) < 4.78 is 8.52. The molecule has 2 fully saturated rings. The van der Waals surface area contributed by atoms with E-state index >= 15 is 0 Å². The molecule has 134 valence electrons. The highest BCUT2D eigenvalue weighted by Crippen LogP contribution is 2.40. The minimum absolute atomic E-state index is 0.0293. The largest absolute Gasteiger partial charge is 0.373 e. The molecule has 6 heteroatoms. The molecule has 26 heavy (non-hydrogen) atoms. The quantitative estimate of drug-likeness (QED) is 0.771. The molecule has 1 spiro atoms. The molecule has 0 saturated carbocycles. The maximum Gasteiger partial charge on any atom is 0.160 e. The molecule has 1 unspecified atom stereocenters. The van der Waals surface area contributed by atoms with Crippen molar-refractivity contribution in [2.75, 3.05) is 19.7 Å². The number of hydrogen-bond acceptors (Lipinski definition) is 5. The summed E-state index contributed by atoms with van der Waals surface area (Å²) in [6.07, 6.45) is 7.13. The van der Waals surface area contributed by atoms with Crippen molar-refractivity contribution in [1.82, 2.24) is 24.8 Å². The van der Waals surface area contributed by atoms with Gasteiger partial charge in [-0.1, -0.05) is 12.1 Å². The third kappa shape index (κ3) is 2.61. The molecule has 6 nitrogen and oxygen atoms in total. The van der Waals surface area contributed by atoms with Crippen molar-refractivity contribution in [1.29, 1.82) is 0 Å². The van der Waals surface area contributed by atoms with E-state index in [1.54, 1.807) is 0 Å². The smallest absolute Gasteiger partial charge is 0.160 e. The maximum atomic E-state index is 6.28. The van der Waals surface area contributed by atoms with E-state index in [1.807, 2.05) is 37.4 Å². The molecule has 1 N–H and O–H groups in total. The van der Waals surface area contributed by atoms with Gasteiger partial charge in [-0.3, -0.25) is 0 Å². The van der Waals surface area contributed by atoms with E-state index in [2.05, 4.69) is 21.1 Å². The Bertz CT molecular complexity index is 944. The lowest BCUT2D eigenvalue weighted by Gasteiger charge is -2.33. The zero-order chi connectivity index (χ0) is 17.6. The van der Waals surface area contributed by atoms with Crippen LogP contribution in [-0.4, -0.2) is 44.8 Å². The highest BCUT2D eigenvalue weighted by Gasteiger charge is 2.42. The van der Waals surface area contributed by atoms with Crippen LogP contribution in [0.15, 0.2) is 36.7 Å². The van der Waals surface area contributed by atoms with Gasteiger partial charge in [0.15, 0.2) is 5.82 Å². The van der Waals surface area contributed by atoms with E-state index in [9.17, 15) is 0 Å². The van der Waals surface area contributed by atoms with Crippen LogP contribution in [0.1, 0.15) is 31.0 Å². The van der Waals surface area contributed by atoms with Gasteiger partial charge < -0.3 is 14.6 Å². The van der Waals surface area contributed by atoms with Gasteiger partial charge in [0.05, 0.1) is 35.0 Å². The second-order valence-corrected chi connectivity index (χ2v) is 7.41. The van der Waals surface area contributed by atoms with Crippen LogP contribution >= 0.6 is 0 Å². The number of aryl methyl sites for hydroxylation is 1. The molecule has 2 aliphatic rings. The van der Waals surface area contributed by atoms with E-state index in [0.717, 1.165) is 67.2 Å². The molecular weight excluding hydrogens is 326 g/mol. The number of aromatic nitrogens is 4. The molecule has 2 aliphatic heterocycles. The Labute approximate surface area is 152 Å². The van der Waals surface area contributed by atoms with Gasteiger partial charge in [-0.15, -0.1) is 0 Å². The van der Waals surface area contributed by atoms with Crippen LogP contribution in [0.2, 0.25) is 0 Å². The molecule has 0 bridgehead atoms. The molecule has 0 radical (unpaired) electrons. The van der Waals surface area contributed by atoms with Crippen molar-refractivity contribution in [2.24, 2.45) is 0 Å². The van der Waals surface area contributed by atoms with Crippen molar-refractivity contribution < 1.29 is 4.74 Å². The van der Waals surface area contributed by atoms with E-state index in [0.29, 0.717) is 6.04 Å². The van der Waals surface area contributed by atoms with Gasteiger partial charge in [-0.25, -0.2) is 15.0 Å². The molecular formula is C20H23N5O. The average molecular weight is 349 g/mol. The summed E-state index contributed by atoms with van der Waals surface area (Å²) in [6.45, 7) is 4.83. The SMILES string of the molecule is Cc1nc2ccccc2nc1-c1nccn1C1COC2(CCNCC2)C1. The predicted octanol–water partition coefficient (Wildman–Crippen LogP) is 2.89. The number of ether oxygens (including phenoxy) is 1. The number of nitrogens with zero attached hydrogens (tertiary/aromatic N) is 4. The molecule has 2 aromatic heterocycles. The van der Waals surface area contributed by atoms with E-state index < -0.39 is 0 Å². The highest BCUT2D eigenvalue weighted by molar-refractivity contribution is 5.77. The Morgan fingerprint density at radius 3 is 2.73 bits per heavy atom. The molecule has 1 atom stereocenters. The van der Waals surface area contributed by atoms with Crippen molar-refractivity contribution in [2.45, 2.75) is 37.8 Å². The summed E-state index contributed by atoms with van der Waals surface area (Å²) >= 11 is 0. The van der Waals surface area contributed by atoms with Crippen molar-refractivity contribution in [3.63, 3.8) is 0 Å². The predicted molar refractivity (Wildman–Crippen MR) is 99.9 cm³/mol.